The molecule has 0 atom stereocenters. The lowest BCUT2D eigenvalue weighted by molar-refractivity contribution is -0.131. The molecule has 2 fully saturated rings. The highest BCUT2D eigenvalue weighted by Gasteiger charge is 2.20. The van der Waals surface area contributed by atoms with E-state index in [2.05, 4.69) is 40.9 Å². The lowest BCUT2D eigenvalue weighted by Crippen LogP contribution is -2.35. The Hall–Kier alpha value is -3.32. The molecule has 13 nitrogen and oxygen atoms in total. The lowest BCUT2D eigenvalue weighted by atomic mass is 9.95. The number of hydrogen-bond acceptors (Lipinski definition) is 12. The second-order valence-corrected chi connectivity index (χ2v) is 11.0. The number of amides is 1. The maximum atomic E-state index is 12.5. The number of nitrogen functional groups attached to an aromatic ring is 1. The molecule has 0 radical (unpaired) electrons. The van der Waals surface area contributed by atoms with Crippen molar-refractivity contribution in [3.63, 3.8) is 0 Å². The largest absolute Gasteiger partial charge is 0.383 e. The van der Waals surface area contributed by atoms with Gasteiger partial charge in [-0.1, -0.05) is 19.3 Å². The van der Waals surface area contributed by atoms with E-state index < -0.39 is 0 Å². The van der Waals surface area contributed by atoms with Gasteiger partial charge in [0, 0.05) is 63.9 Å². The van der Waals surface area contributed by atoms with E-state index in [1.165, 1.54) is 32.1 Å². The fourth-order valence-corrected chi connectivity index (χ4v) is 5.30. The van der Waals surface area contributed by atoms with Gasteiger partial charge in [-0.05, 0) is 58.2 Å². The number of aromatic nitrogens is 2. The summed E-state index contributed by atoms with van der Waals surface area (Å²) in [5.74, 6) is 7.12. The Morgan fingerprint density at radius 3 is 2.67 bits per heavy atom. The smallest absolute Gasteiger partial charge is 0.226 e. The third-order valence-electron chi connectivity index (χ3n) is 7.66. The number of nitrogens with two attached hydrogens (primary N) is 2. The summed E-state index contributed by atoms with van der Waals surface area (Å²) in [6.07, 6.45) is 13.6. The number of anilines is 3. The van der Waals surface area contributed by atoms with Gasteiger partial charge in [0.1, 0.15) is 17.9 Å². The Balaban J connectivity index is 1.33. The van der Waals surface area contributed by atoms with Crippen molar-refractivity contribution in [2.45, 2.75) is 76.7 Å². The minimum absolute atomic E-state index is 0.0902. The molecule has 1 saturated carbocycles. The van der Waals surface area contributed by atoms with Crippen molar-refractivity contribution in [3.8, 4) is 0 Å². The van der Waals surface area contributed by atoms with Crippen molar-refractivity contribution in [2.24, 2.45) is 15.9 Å². The van der Waals surface area contributed by atoms with E-state index in [0.29, 0.717) is 75.3 Å². The van der Waals surface area contributed by atoms with Crippen LogP contribution in [0.3, 0.4) is 0 Å². The number of unbranched alkanes of at least 4 members (excludes halogenated alkanes) is 1. The van der Waals surface area contributed by atoms with E-state index in [1.807, 2.05) is 4.90 Å². The predicted octanol–water partition coefficient (Wildman–Crippen LogP) is 1.56. The summed E-state index contributed by atoms with van der Waals surface area (Å²) in [6.45, 7) is 6.71. The fraction of sp³-hybridized carbons (Fsp3) is 0.724. The molecule has 1 aromatic rings. The van der Waals surface area contributed by atoms with Gasteiger partial charge in [0.05, 0.1) is 12.3 Å². The highest BCUT2D eigenvalue weighted by atomic mass is 16.2. The van der Waals surface area contributed by atoms with Crippen LogP contribution in [0.1, 0.15) is 70.6 Å². The number of carbonyl (C=O) groups is 2. The van der Waals surface area contributed by atoms with Gasteiger partial charge in [-0.3, -0.25) is 9.79 Å². The molecule has 0 unspecified atom stereocenters. The molecule has 7 N–H and O–H groups in total. The fourth-order valence-electron chi connectivity index (χ4n) is 5.30. The number of rotatable bonds is 18. The van der Waals surface area contributed by atoms with Gasteiger partial charge in [-0.25, -0.2) is 0 Å². The topological polar surface area (TPSA) is 179 Å². The zero-order chi connectivity index (χ0) is 29.8. The average molecular weight is 586 g/mol. The molecule has 2 heterocycles. The molecule has 1 amide bonds. The van der Waals surface area contributed by atoms with Gasteiger partial charge in [0.25, 0.3) is 0 Å². The van der Waals surface area contributed by atoms with Crippen molar-refractivity contribution < 1.29 is 9.59 Å². The maximum absolute atomic E-state index is 12.5. The summed E-state index contributed by atoms with van der Waals surface area (Å²) >= 11 is 0. The van der Waals surface area contributed by atoms with Gasteiger partial charge in [0.15, 0.2) is 0 Å². The quantitative estimate of drug-likeness (QED) is 0.0558. The Morgan fingerprint density at radius 2 is 1.86 bits per heavy atom. The summed E-state index contributed by atoms with van der Waals surface area (Å²) < 4.78 is 0. The minimum Gasteiger partial charge on any atom is -0.383 e. The van der Waals surface area contributed by atoms with E-state index in [1.54, 1.807) is 12.3 Å². The number of carbonyl (C=O) groups excluding carboxylic acids is 2. The van der Waals surface area contributed by atoms with Crippen LogP contribution in [0.15, 0.2) is 16.2 Å². The minimum atomic E-state index is 0.0902. The number of aliphatic imine (C=N–C) groups is 1. The van der Waals surface area contributed by atoms with Crippen LogP contribution in [0.4, 0.5) is 17.6 Å². The highest BCUT2D eigenvalue weighted by Crippen LogP contribution is 2.19. The molecule has 0 spiro atoms. The summed E-state index contributed by atoms with van der Waals surface area (Å²) in [5, 5.41) is 14.2. The van der Waals surface area contributed by atoms with Crippen LogP contribution in [-0.2, 0) is 9.59 Å². The Kier molecular flexibility index (Phi) is 15.6. The molecule has 13 heteroatoms. The molecule has 0 bridgehead atoms. The second kappa shape index (κ2) is 19.7. The van der Waals surface area contributed by atoms with Crippen LogP contribution in [0, 0.1) is 0 Å². The van der Waals surface area contributed by atoms with Crippen molar-refractivity contribution in [2.75, 3.05) is 74.9 Å². The number of aldehydes is 1. The van der Waals surface area contributed by atoms with Gasteiger partial charge in [0.2, 0.25) is 11.9 Å². The molecule has 1 aliphatic heterocycles. The summed E-state index contributed by atoms with van der Waals surface area (Å²) in [7, 11) is 0. The summed E-state index contributed by atoms with van der Waals surface area (Å²) in [5.41, 5.74) is 6.67. The first-order valence-electron chi connectivity index (χ1n) is 15.6. The predicted molar refractivity (Wildman–Crippen MR) is 170 cm³/mol. The summed E-state index contributed by atoms with van der Waals surface area (Å²) in [4.78, 5) is 40.4. The van der Waals surface area contributed by atoms with E-state index in [9.17, 15) is 9.59 Å². The number of hydrazone groups is 1. The Morgan fingerprint density at radius 1 is 1.02 bits per heavy atom. The Bertz CT molecular complexity index is 998. The molecule has 0 aromatic carbocycles. The van der Waals surface area contributed by atoms with Crippen molar-refractivity contribution in [1.29, 1.82) is 0 Å². The molecule has 42 heavy (non-hydrogen) atoms. The Labute approximate surface area is 250 Å². The maximum Gasteiger partial charge on any atom is 0.226 e. The van der Waals surface area contributed by atoms with Gasteiger partial charge < -0.3 is 42.1 Å². The molecule has 3 rings (SSSR count). The first-order valence-corrected chi connectivity index (χ1v) is 15.6. The van der Waals surface area contributed by atoms with Crippen LogP contribution in [-0.4, -0.2) is 104 Å². The van der Waals surface area contributed by atoms with Crippen molar-refractivity contribution in [1.82, 2.24) is 25.5 Å². The normalized spacial score (nSPS) is 17.0. The first-order chi connectivity index (χ1) is 20.6. The number of nitrogens with one attached hydrogen (secondary N) is 3. The van der Waals surface area contributed by atoms with Crippen LogP contribution >= 0.6 is 0 Å². The van der Waals surface area contributed by atoms with Crippen molar-refractivity contribution in [3.05, 3.63) is 6.07 Å². The molecule has 1 aromatic heterocycles. The van der Waals surface area contributed by atoms with Crippen LogP contribution in [0.25, 0.3) is 0 Å². The monoisotopic (exact) mass is 585 g/mol. The average Bonchev–Trinajstić information content (AvgIpc) is 3.27. The van der Waals surface area contributed by atoms with Gasteiger partial charge in [-0.2, -0.15) is 15.1 Å². The van der Waals surface area contributed by atoms with Gasteiger partial charge >= 0.3 is 0 Å². The standard InChI is InChI=1S/C29H51N11O2/c30-26-21-27(39-16-8-17-40(19-18-39)28(42)11-4-5-20-41)37-29(36-26)35-23-25(38-31)22-33-14-6-12-32-13-7-15-34-24-9-2-1-3-10-24/h20-22,24,32,34H,1-19,23,31H2,(H3,30,35,36,37). The zero-order valence-corrected chi connectivity index (χ0v) is 25.1. The van der Waals surface area contributed by atoms with E-state index in [0.717, 1.165) is 57.8 Å². The lowest BCUT2D eigenvalue weighted by Gasteiger charge is -2.23. The molecular weight excluding hydrogens is 534 g/mol. The molecule has 234 valence electrons. The zero-order valence-electron chi connectivity index (χ0n) is 25.1. The van der Waals surface area contributed by atoms with Crippen LogP contribution < -0.4 is 32.4 Å². The van der Waals surface area contributed by atoms with E-state index in [-0.39, 0.29) is 5.91 Å². The van der Waals surface area contributed by atoms with Crippen LogP contribution in [0.2, 0.25) is 0 Å². The van der Waals surface area contributed by atoms with Crippen molar-refractivity contribution >= 4 is 41.7 Å². The third kappa shape index (κ3) is 12.7. The first kappa shape index (κ1) is 33.2. The molecular formula is C29H51N11O2. The molecule has 1 aliphatic carbocycles. The van der Waals surface area contributed by atoms with Gasteiger partial charge in [-0.15, -0.1) is 0 Å². The third-order valence-corrected chi connectivity index (χ3v) is 7.66. The van der Waals surface area contributed by atoms with E-state index >= 15 is 0 Å². The van der Waals surface area contributed by atoms with E-state index in [4.69, 9.17) is 11.6 Å². The molecule has 2 aliphatic rings. The van der Waals surface area contributed by atoms with Crippen LogP contribution in [0.5, 0.6) is 0 Å². The second-order valence-electron chi connectivity index (χ2n) is 11.0. The number of hydrogen-bond donors (Lipinski definition) is 5. The summed E-state index contributed by atoms with van der Waals surface area (Å²) in [6, 6.07) is 2.47. The SMILES string of the molecule is NN=C(C=NCCCNCCCNC1CCCCC1)CNc1nc(N)cc(N2CCCN(C(=O)CCCC=O)CC2)n1. The molecule has 1 saturated heterocycles. The highest BCUT2D eigenvalue weighted by molar-refractivity contribution is 6.32. The number of nitrogens with zero attached hydrogens (tertiary/aromatic N) is 6.